The molecule has 1 unspecified atom stereocenters. The van der Waals surface area contributed by atoms with Gasteiger partial charge in [0.05, 0.1) is 6.54 Å². The molecule has 0 saturated heterocycles. The Balaban J connectivity index is 2.33. The number of amides is 2. The summed E-state index contributed by atoms with van der Waals surface area (Å²) in [6.07, 6.45) is 0.730. The van der Waals surface area contributed by atoms with Crippen molar-refractivity contribution in [2.24, 2.45) is 0 Å². The monoisotopic (exact) mass is 279 g/mol. The second kappa shape index (κ2) is 8.16. The third-order valence-electron chi connectivity index (χ3n) is 2.74. The maximum Gasteiger partial charge on any atom is 0.251 e. The maximum atomic E-state index is 11.8. The third-order valence-corrected chi connectivity index (χ3v) is 2.74. The molecule has 0 aliphatic heterocycles. The highest BCUT2D eigenvalue weighted by atomic mass is 16.5. The Bertz CT molecular complexity index is 445. The number of nitrogen functional groups attached to an aromatic ring is 1. The van der Waals surface area contributed by atoms with Crippen molar-refractivity contribution in [2.45, 2.75) is 19.4 Å². The fraction of sp³-hybridized carbons (Fsp3) is 0.429. The van der Waals surface area contributed by atoms with E-state index >= 15 is 0 Å². The molecule has 0 aromatic heterocycles. The first-order valence-electron chi connectivity index (χ1n) is 6.45. The van der Waals surface area contributed by atoms with Crippen LogP contribution in [0.15, 0.2) is 24.3 Å². The van der Waals surface area contributed by atoms with E-state index in [1.807, 2.05) is 6.92 Å². The Kier molecular flexibility index (Phi) is 6.52. The van der Waals surface area contributed by atoms with Crippen LogP contribution in [-0.4, -0.2) is 38.1 Å². The summed E-state index contributed by atoms with van der Waals surface area (Å²) < 4.78 is 4.93. The van der Waals surface area contributed by atoms with Crippen LogP contribution < -0.4 is 16.4 Å². The second-order valence-electron chi connectivity index (χ2n) is 4.55. The van der Waals surface area contributed by atoms with Gasteiger partial charge in [-0.05, 0) is 37.6 Å². The van der Waals surface area contributed by atoms with Crippen LogP contribution in [0.25, 0.3) is 0 Å². The molecular weight excluding hydrogens is 258 g/mol. The molecule has 0 fully saturated rings. The van der Waals surface area contributed by atoms with Crippen LogP contribution in [0.3, 0.4) is 0 Å². The summed E-state index contributed by atoms with van der Waals surface area (Å²) in [7, 11) is 1.61. The number of hydrogen-bond acceptors (Lipinski definition) is 4. The fourth-order valence-corrected chi connectivity index (χ4v) is 1.59. The number of carbonyl (C=O) groups is 2. The van der Waals surface area contributed by atoms with Crippen molar-refractivity contribution < 1.29 is 14.3 Å². The molecule has 0 radical (unpaired) electrons. The molecule has 0 aliphatic rings. The highest BCUT2D eigenvalue weighted by molar-refractivity contribution is 5.96. The summed E-state index contributed by atoms with van der Waals surface area (Å²) >= 11 is 0. The summed E-state index contributed by atoms with van der Waals surface area (Å²) in [5.41, 5.74) is 6.60. The third kappa shape index (κ3) is 5.71. The van der Waals surface area contributed by atoms with Crippen LogP contribution in [0.4, 0.5) is 5.69 Å². The molecule has 0 heterocycles. The van der Waals surface area contributed by atoms with Crippen molar-refractivity contribution in [1.29, 1.82) is 0 Å². The summed E-state index contributed by atoms with van der Waals surface area (Å²) in [5, 5.41) is 5.33. The van der Waals surface area contributed by atoms with Crippen molar-refractivity contribution in [3.63, 3.8) is 0 Å². The van der Waals surface area contributed by atoms with E-state index in [0.717, 1.165) is 6.42 Å². The molecular formula is C14H21N3O3. The number of carbonyl (C=O) groups excluding carboxylic acids is 2. The predicted octanol–water partition coefficient (Wildman–Crippen LogP) is 0.540. The summed E-state index contributed by atoms with van der Waals surface area (Å²) in [6, 6.07) is 6.52. The van der Waals surface area contributed by atoms with Crippen LogP contribution in [0.2, 0.25) is 0 Å². The molecule has 0 bridgehead atoms. The Hall–Kier alpha value is -2.08. The summed E-state index contributed by atoms with van der Waals surface area (Å²) in [6.45, 7) is 2.42. The van der Waals surface area contributed by atoms with E-state index < -0.39 is 0 Å². The van der Waals surface area contributed by atoms with E-state index in [4.69, 9.17) is 10.5 Å². The summed E-state index contributed by atoms with van der Waals surface area (Å²) in [5.74, 6) is -0.526. The van der Waals surface area contributed by atoms with Gasteiger partial charge in [-0.15, -0.1) is 0 Å². The number of anilines is 1. The number of nitrogens with one attached hydrogen (secondary N) is 2. The highest BCUT2D eigenvalue weighted by Gasteiger charge is 2.10. The molecule has 1 rings (SSSR count). The van der Waals surface area contributed by atoms with Gasteiger partial charge in [0.1, 0.15) is 0 Å². The van der Waals surface area contributed by atoms with E-state index in [2.05, 4.69) is 10.6 Å². The number of rotatable bonds is 7. The van der Waals surface area contributed by atoms with Gasteiger partial charge in [0.2, 0.25) is 5.91 Å². The Labute approximate surface area is 118 Å². The molecule has 4 N–H and O–H groups in total. The SMILES string of the molecule is COCCC(C)NC(=O)CNC(=O)c1ccc(N)cc1. The molecule has 1 aromatic rings. The molecule has 6 nitrogen and oxygen atoms in total. The molecule has 110 valence electrons. The first kappa shape index (κ1) is 16.0. The Morgan fingerprint density at radius 2 is 1.95 bits per heavy atom. The van der Waals surface area contributed by atoms with E-state index in [0.29, 0.717) is 17.9 Å². The van der Waals surface area contributed by atoms with Crippen molar-refractivity contribution in [3.05, 3.63) is 29.8 Å². The number of methoxy groups -OCH3 is 1. The molecule has 0 saturated carbocycles. The van der Waals surface area contributed by atoms with Gasteiger partial charge in [-0.3, -0.25) is 9.59 Å². The Morgan fingerprint density at radius 1 is 1.30 bits per heavy atom. The lowest BCUT2D eigenvalue weighted by molar-refractivity contribution is -0.120. The van der Waals surface area contributed by atoms with Crippen molar-refractivity contribution in [3.8, 4) is 0 Å². The molecule has 1 atom stereocenters. The standard InChI is InChI=1S/C14H21N3O3/c1-10(7-8-20-2)17-13(18)9-16-14(19)11-3-5-12(15)6-4-11/h3-6,10H,7-9,15H2,1-2H3,(H,16,19)(H,17,18). The minimum absolute atomic E-state index is 0.0101. The van der Waals surface area contributed by atoms with E-state index in [1.54, 1.807) is 31.4 Å². The zero-order chi connectivity index (χ0) is 15.0. The lowest BCUT2D eigenvalue weighted by atomic mass is 10.2. The van der Waals surface area contributed by atoms with Gasteiger partial charge in [-0.2, -0.15) is 0 Å². The average molecular weight is 279 g/mol. The van der Waals surface area contributed by atoms with Gasteiger partial charge < -0.3 is 21.1 Å². The van der Waals surface area contributed by atoms with Gasteiger partial charge in [0.15, 0.2) is 0 Å². The van der Waals surface area contributed by atoms with Crippen molar-refractivity contribution in [2.75, 3.05) is 26.0 Å². The number of nitrogens with two attached hydrogens (primary N) is 1. The largest absolute Gasteiger partial charge is 0.399 e. The normalized spacial score (nSPS) is 11.7. The molecule has 0 spiro atoms. The lowest BCUT2D eigenvalue weighted by Crippen LogP contribution is -2.41. The smallest absolute Gasteiger partial charge is 0.251 e. The first-order valence-corrected chi connectivity index (χ1v) is 6.45. The Morgan fingerprint density at radius 3 is 2.55 bits per heavy atom. The van der Waals surface area contributed by atoms with Gasteiger partial charge in [-0.1, -0.05) is 0 Å². The molecule has 1 aromatic carbocycles. The zero-order valence-corrected chi connectivity index (χ0v) is 11.8. The highest BCUT2D eigenvalue weighted by Crippen LogP contribution is 2.04. The van der Waals surface area contributed by atoms with E-state index in [9.17, 15) is 9.59 Å². The van der Waals surface area contributed by atoms with Crippen LogP contribution in [0, 0.1) is 0 Å². The minimum atomic E-state index is -0.301. The van der Waals surface area contributed by atoms with Crippen LogP contribution in [-0.2, 0) is 9.53 Å². The molecule has 2 amide bonds. The molecule has 20 heavy (non-hydrogen) atoms. The second-order valence-corrected chi connectivity index (χ2v) is 4.55. The van der Waals surface area contributed by atoms with Gasteiger partial charge in [-0.25, -0.2) is 0 Å². The molecule has 0 aliphatic carbocycles. The van der Waals surface area contributed by atoms with E-state index in [1.165, 1.54) is 0 Å². The van der Waals surface area contributed by atoms with E-state index in [-0.39, 0.29) is 24.4 Å². The zero-order valence-electron chi connectivity index (χ0n) is 11.8. The summed E-state index contributed by atoms with van der Waals surface area (Å²) in [4.78, 5) is 23.4. The van der Waals surface area contributed by atoms with Crippen molar-refractivity contribution in [1.82, 2.24) is 10.6 Å². The van der Waals surface area contributed by atoms with Gasteiger partial charge in [0, 0.05) is 31.0 Å². The van der Waals surface area contributed by atoms with Crippen LogP contribution >= 0.6 is 0 Å². The number of benzene rings is 1. The average Bonchev–Trinajstić information content (AvgIpc) is 2.43. The van der Waals surface area contributed by atoms with Gasteiger partial charge >= 0.3 is 0 Å². The first-order chi connectivity index (χ1) is 9.52. The van der Waals surface area contributed by atoms with Crippen LogP contribution in [0.1, 0.15) is 23.7 Å². The number of ether oxygens (including phenoxy) is 1. The lowest BCUT2D eigenvalue weighted by Gasteiger charge is -2.13. The minimum Gasteiger partial charge on any atom is -0.399 e. The quantitative estimate of drug-likeness (QED) is 0.635. The van der Waals surface area contributed by atoms with Crippen LogP contribution in [0.5, 0.6) is 0 Å². The topological polar surface area (TPSA) is 93.5 Å². The predicted molar refractivity (Wildman–Crippen MR) is 77.3 cm³/mol. The molecule has 6 heteroatoms. The van der Waals surface area contributed by atoms with Crippen molar-refractivity contribution >= 4 is 17.5 Å². The number of hydrogen-bond donors (Lipinski definition) is 3. The van der Waals surface area contributed by atoms with Gasteiger partial charge in [0.25, 0.3) is 5.91 Å². The fourth-order valence-electron chi connectivity index (χ4n) is 1.59. The maximum absolute atomic E-state index is 11.8.